The Bertz CT molecular complexity index is 1100. The van der Waals surface area contributed by atoms with Crippen LogP contribution in [0.2, 0.25) is 0 Å². The maximum atomic E-state index is 13.3. The molecule has 1 saturated carbocycles. The van der Waals surface area contributed by atoms with Gasteiger partial charge < -0.3 is 20.3 Å². The number of aliphatic hydroxyl groups is 1. The van der Waals surface area contributed by atoms with Gasteiger partial charge in [0.05, 0.1) is 23.4 Å². The molecule has 170 valence electrons. The fraction of sp³-hybridized carbons (Fsp3) is 0.435. The Kier molecular flexibility index (Phi) is 5.40. The Morgan fingerprint density at radius 2 is 1.78 bits per heavy atom. The van der Waals surface area contributed by atoms with Crippen LogP contribution in [0.4, 0.5) is 14.5 Å². The number of halogens is 2. The second-order valence-corrected chi connectivity index (χ2v) is 8.80. The first-order chi connectivity index (χ1) is 15.1. The predicted molar refractivity (Wildman–Crippen MR) is 113 cm³/mol. The number of aromatic nitrogens is 1. The maximum Gasteiger partial charge on any atom is 0.294 e. The number of carbonyl (C=O) groups is 3. The van der Waals surface area contributed by atoms with Crippen molar-refractivity contribution >= 4 is 23.3 Å². The largest absolute Gasteiger partial charge is 0.394 e. The lowest BCUT2D eigenvalue weighted by Crippen LogP contribution is -2.65. The van der Waals surface area contributed by atoms with Crippen LogP contribution in [-0.2, 0) is 17.8 Å². The quantitative estimate of drug-likeness (QED) is 0.470. The van der Waals surface area contributed by atoms with E-state index < -0.39 is 42.6 Å². The molecule has 0 saturated heterocycles. The Morgan fingerprint density at radius 1 is 1.12 bits per heavy atom. The molecule has 1 aromatic carbocycles. The second-order valence-electron chi connectivity index (χ2n) is 8.80. The van der Waals surface area contributed by atoms with E-state index in [1.54, 1.807) is 23.6 Å². The minimum absolute atomic E-state index is 0.0863. The van der Waals surface area contributed by atoms with E-state index >= 15 is 0 Å². The minimum atomic E-state index is -2.98. The molecule has 2 heterocycles. The maximum absolute atomic E-state index is 13.3. The van der Waals surface area contributed by atoms with Gasteiger partial charge in [0.1, 0.15) is 0 Å². The summed E-state index contributed by atoms with van der Waals surface area (Å²) in [5.74, 6) is -5.31. The highest BCUT2D eigenvalue weighted by Gasteiger charge is 2.57. The third-order valence-corrected chi connectivity index (χ3v) is 6.24. The molecule has 0 spiro atoms. The second kappa shape index (κ2) is 7.81. The number of anilines is 1. The number of benzene rings is 1. The van der Waals surface area contributed by atoms with Crippen molar-refractivity contribution in [2.75, 3.05) is 11.9 Å². The molecule has 3 N–H and O–H groups in total. The number of ketones is 1. The van der Waals surface area contributed by atoms with Gasteiger partial charge in [-0.15, -0.1) is 0 Å². The van der Waals surface area contributed by atoms with Crippen LogP contribution in [0.5, 0.6) is 0 Å². The van der Waals surface area contributed by atoms with Crippen molar-refractivity contribution in [3.05, 3.63) is 52.3 Å². The van der Waals surface area contributed by atoms with E-state index in [1.165, 1.54) is 0 Å². The van der Waals surface area contributed by atoms with Gasteiger partial charge in [-0.05, 0) is 44.4 Å². The molecule has 4 rings (SSSR count). The van der Waals surface area contributed by atoms with Crippen LogP contribution in [0.15, 0.2) is 24.3 Å². The lowest BCUT2D eigenvalue weighted by atomic mass is 9.74. The molecule has 1 aliphatic carbocycles. The number of amides is 2. The van der Waals surface area contributed by atoms with Crippen LogP contribution in [0.25, 0.3) is 0 Å². The van der Waals surface area contributed by atoms with Gasteiger partial charge in [0.2, 0.25) is 0 Å². The summed E-state index contributed by atoms with van der Waals surface area (Å²) in [6, 6.07) is 7.29. The zero-order valence-electron chi connectivity index (χ0n) is 17.9. The van der Waals surface area contributed by atoms with Crippen molar-refractivity contribution in [2.45, 2.75) is 57.5 Å². The number of nitrogens with zero attached hydrogens (tertiary/aromatic N) is 1. The lowest BCUT2D eigenvalue weighted by molar-refractivity contribution is -0.154. The number of rotatable bonds is 6. The third kappa shape index (κ3) is 3.81. The molecule has 32 heavy (non-hydrogen) atoms. The highest BCUT2D eigenvalue weighted by atomic mass is 19.3. The van der Waals surface area contributed by atoms with E-state index in [-0.39, 0.29) is 11.6 Å². The summed E-state index contributed by atoms with van der Waals surface area (Å²) in [6.45, 7) is 3.34. The van der Waals surface area contributed by atoms with Crippen LogP contribution in [0, 0.1) is 13.8 Å². The Balaban J connectivity index is 1.60. The van der Waals surface area contributed by atoms with E-state index in [2.05, 4.69) is 10.6 Å². The molecule has 7 nitrogen and oxygen atoms in total. The van der Waals surface area contributed by atoms with Crippen molar-refractivity contribution in [2.24, 2.45) is 0 Å². The van der Waals surface area contributed by atoms with E-state index in [9.17, 15) is 28.3 Å². The van der Waals surface area contributed by atoms with Crippen LogP contribution in [0.1, 0.15) is 56.9 Å². The fourth-order valence-corrected chi connectivity index (χ4v) is 4.73. The summed E-state index contributed by atoms with van der Waals surface area (Å²) in [4.78, 5) is 38.7. The first kappa shape index (κ1) is 22.1. The number of aliphatic hydroxyl groups excluding tert-OH is 1. The number of hydrogen-bond acceptors (Lipinski definition) is 4. The molecule has 1 fully saturated rings. The number of Topliss-reactive ketones (excluding diaryl/α,β-unsaturated/α-hetero) is 1. The SMILES string of the molecule is Cc1ccc(NC(=O)c2c(C)c(C(=O)C(=O)NC3(CO)CC(F)(F)C3)n3c2CCC3)cc1. The summed E-state index contributed by atoms with van der Waals surface area (Å²) in [6.07, 6.45) is -0.135. The summed E-state index contributed by atoms with van der Waals surface area (Å²) >= 11 is 0. The smallest absolute Gasteiger partial charge is 0.294 e. The van der Waals surface area contributed by atoms with E-state index in [0.29, 0.717) is 35.5 Å². The molecular formula is C23H25F2N3O4. The first-order valence-corrected chi connectivity index (χ1v) is 10.5. The fourth-order valence-electron chi connectivity index (χ4n) is 4.73. The lowest BCUT2D eigenvalue weighted by Gasteiger charge is -2.46. The van der Waals surface area contributed by atoms with Gasteiger partial charge in [-0.1, -0.05) is 17.7 Å². The molecule has 0 radical (unpaired) electrons. The average Bonchev–Trinajstić information content (AvgIpc) is 3.26. The summed E-state index contributed by atoms with van der Waals surface area (Å²) < 4.78 is 28.3. The van der Waals surface area contributed by atoms with Crippen molar-refractivity contribution in [3.63, 3.8) is 0 Å². The van der Waals surface area contributed by atoms with Gasteiger partial charge in [-0.2, -0.15) is 0 Å². The normalized spacial score (nSPS) is 17.9. The van der Waals surface area contributed by atoms with Gasteiger partial charge in [-0.3, -0.25) is 14.4 Å². The average molecular weight is 445 g/mol. The highest BCUT2D eigenvalue weighted by Crippen LogP contribution is 2.45. The third-order valence-electron chi connectivity index (χ3n) is 6.24. The molecule has 0 atom stereocenters. The van der Waals surface area contributed by atoms with Crippen molar-refractivity contribution < 1.29 is 28.3 Å². The van der Waals surface area contributed by atoms with E-state index in [0.717, 1.165) is 12.0 Å². The van der Waals surface area contributed by atoms with Gasteiger partial charge in [0, 0.05) is 30.8 Å². The van der Waals surface area contributed by atoms with Crippen molar-refractivity contribution in [1.29, 1.82) is 0 Å². The molecular weight excluding hydrogens is 420 g/mol. The Morgan fingerprint density at radius 3 is 2.38 bits per heavy atom. The summed E-state index contributed by atoms with van der Waals surface area (Å²) in [5, 5.41) is 14.6. The first-order valence-electron chi connectivity index (χ1n) is 10.5. The van der Waals surface area contributed by atoms with Gasteiger partial charge >= 0.3 is 0 Å². The molecule has 1 aromatic heterocycles. The van der Waals surface area contributed by atoms with Crippen LogP contribution in [-0.4, -0.2) is 45.3 Å². The number of aryl methyl sites for hydroxylation is 1. The number of alkyl halides is 2. The summed E-state index contributed by atoms with van der Waals surface area (Å²) in [7, 11) is 0. The zero-order chi connectivity index (χ0) is 23.3. The zero-order valence-corrected chi connectivity index (χ0v) is 17.9. The van der Waals surface area contributed by atoms with Gasteiger partial charge in [0.25, 0.3) is 23.5 Å². The number of fused-ring (bicyclic) bond motifs is 1. The monoisotopic (exact) mass is 445 g/mol. The van der Waals surface area contributed by atoms with E-state index in [1.807, 2.05) is 19.1 Å². The van der Waals surface area contributed by atoms with Crippen molar-refractivity contribution in [1.82, 2.24) is 9.88 Å². The number of nitrogens with one attached hydrogen (secondary N) is 2. The number of carbonyl (C=O) groups excluding carboxylic acids is 3. The molecule has 1 aliphatic heterocycles. The standard InChI is InChI=1S/C23H25F2N3O4/c1-13-5-7-15(8-6-13)26-20(31)17-14(2)18(28-9-3-4-16(17)28)19(30)21(32)27-22(12-29)10-23(24,25)11-22/h5-8,29H,3-4,9-12H2,1-2H3,(H,26,31)(H,27,32). The number of hydrogen-bond donors (Lipinski definition) is 3. The molecule has 0 unspecified atom stereocenters. The predicted octanol–water partition coefficient (Wildman–Crippen LogP) is 2.76. The molecule has 2 amide bonds. The Labute approximate surface area is 183 Å². The van der Waals surface area contributed by atoms with Gasteiger partial charge in [-0.25, -0.2) is 8.78 Å². The van der Waals surface area contributed by atoms with Crippen molar-refractivity contribution in [3.8, 4) is 0 Å². The molecule has 2 aromatic rings. The minimum Gasteiger partial charge on any atom is -0.394 e. The van der Waals surface area contributed by atoms with Crippen LogP contribution in [0.3, 0.4) is 0 Å². The van der Waals surface area contributed by atoms with Crippen LogP contribution < -0.4 is 10.6 Å². The highest BCUT2D eigenvalue weighted by molar-refractivity contribution is 6.43. The van der Waals surface area contributed by atoms with Crippen LogP contribution >= 0.6 is 0 Å². The molecule has 9 heteroatoms. The summed E-state index contributed by atoms with van der Waals surface area (Å²) in [5.41, 5.74) is 1.65. The Hall–Kier alpha value is -3.07. The molecule has 0 bridgehead atoms. The van der Waals surface area contributed by atoms with E-state index in [4.69, 9.17) is 0 Å². The van der Waals surface area contributed by atoms with Gasteiger partial charge in [0.15, 0.2) is 0 Å². The topological polar surface area (TPSA) is 100 Å². The molecule has 2 aliphatic rings.